The average molecular weight is 477 g/mol. The Hall–Kier alpha value is -2.91. The third kappa shape index (κ3) is 5.86. The van der Waals surface area contributed by atoms with Gasteiger partial charge in [0.25, 0.3) is 0 Å². The second kappa shape index (κ2) is 11.1. The molecule has 0 saturated heterocycles. The molecule has 3 aromatic rings. The topological polar surface area (TPSA) is 87.5 Å². The van der Waals surface area contributed by atoms with Gasteiger partial charge in [-0.05, 0) is 44.2 Å². The van der Waals surface area contributed by atoms with Crippen molar-refractivity contribution >= 4 is 35.0 Å². The molecule has 0 radical (unpaired) electrons. The zero-order chi connectivity index (χ0) is 23.1. The van der Waals surface area contributed by atoms with Gasteiger partial charge in [0, 0.05) is 17.6 Å². The summed E-state index contributed by atoms with van der Waals surface area (Å²) >= 11 is 7.33. The lowest BCUT2D eigenvalue weighted by Crippen LogP contribution is -2.16. The van der Waals surface area contributed by atoms with Crippen molar-refractivity contribution < 1.29 is 19.0 Å². The van der Waals surface area contributed by atoms with Gasteiger partial charge < -0.3 is 24.1 Å². The predicted molar refractivity (Wildman–Crippen MR) is 125 cm³/mol. The molecular formula is C22H25ClN4O4S. The van der Waals surface area contributed by atoms with Crippen LogP contribution in [0.4, 0.5) is 5.69 Å². The first-order valence-electron chi connectivity index (χ1n) is 9.95. The Morgan fingerprint density at radius 3 is 2.66 bits per heavy atom. The minimum Gasteiger partial charge on any atom is -0.497 e. The van der Waals surface area contributed by atoms with Crippen LogP contribution in [0, 0.1) is 0 Å². The molecule has 1 unspecified atom stereocenters. The summed E-state index contributed by atoms with van der Waals surface area (Å²) in [6, 6.07) is 12.4. The van der Waals surface area contributed by atoms with Gasteiger partial charge in [-0.2, -0.15) is 0 Å². The highest BCUT2D eigenvalue weighted by Crippen LogP contribution is 2.30. The Bertz CT molecular complexity index is 1080. The molecule has 2 aromatic carbocycles. The first kappa shape index (κ1) is 23.7. The van der Waals surface area contributed by atoms with Crippen LogP contribution < -0.4 is 19.5 Å². The number of benzene rings is 2. The molecule has 32 heavy (non-hydrogen) atoms. The van der Waals surface area contributed by atoms with E-state index in [2.05, 4.69) is 15.5 Å². The Labute approximate surface area is 196 Å². The Kier molecular flexibility index (Phi) is 8.24. The molecule has 1 atom stereocenters. The number of nitrogens with one attached hydrogen (secondary N) is 1. The first-order chi connectivity index (χ1) is 15.4. The summed E-state index contributed by atoms with van der Waals surface area (Å²) in [5.41, 5.74) is 0.540. The van der Waals surface area contributed by atoms with Gasteiger partial charge >= 0.3 is 0 Å². The summed E-state index contributed by atoms with van der Waals surface area (Å²) in [7, 11) is 3.11. The number of hydrogen-bond acceptors (Lipinski definition) is 7. The molecule has 0 aliphatic heterocycles. The van der Waals surface area contributed by atoms with Crippen LogP contribution in [0.15, 0.2) is 47.6 Å². The number of aromatic nitrogens is 3. The van der Waals surface area contributed by atoms with Gasteiger partial charge in [0.1, 0.15) is 17.2 Å². The monoisotopic (exact) mass is 476 g/mol. The van der Waals surface area contributed by atoms with E-state index >= 15 is 0 Å². The van der Waals surface area contributed by atoms with E-state index < -0.39 is 0 Å². The Balaban J connectivity index is 1.66. The number of thioether (sulfide) groups is 1. The van der Waals surface area contributed by atoms with E-state index in [0.29, 0.717) is 45.5 Å². The van der Waals surface area contributed by atoms with Crippen molar-refractivity contribution in [1.29, 1.82) is 0 Å². The lowest BCUT2D eigenvalue weighted by atomic mass is 10.2. The number of anilines is 1. The highest BCUT2D eigenvalue weighted by atomic mass is 35.5. The van der Waals surface area contributed by atoms with Crippen LogP contribution in [0.2, 0.25) is 5.02 Å². The van der Waals surface area contributed by atoms with Gasteiger partial charge in [-0.25, -0.2) is 0 Å². The lowest BCUT2D eigenvalue weighted by molar-refractivity contribution is -0.113. The van der Waals surface area contributed by atoms with Crippen LogP contribution >= 0.6 is 23.4 Å². The van der Waals surface area contributed by atoms with E-state index in [1.54, 1.807) is 44.6 Å². The van der Waals surface area contributed by atoms with Crippen molar-refractivity contribution in [2.24, 2.45) is 0 Å². The number of nitrogens with zero attached hydrogens (tertiary/aromatic N) is 3. The molecule has 0 fully saturated rings. The van der Waals surface area contributed by atoms with Gasteiger partial charge in [-0.1, -0.05) is 29.4 Å². The van der Waals surface area contributed by atoms with Gasteiger partial charge in [0.05, 0.1) is 25.7 Å². The molecule has 1 N–H and O–H groups in total. The number of methoxy groups -OCH3 is 2. The van der Waals surface area contributed by atoms with Crippen molar-refractivity contribution in [2.75, 3.05) is 25.3 Å². The van der Waals surface area contributed by atoms with Crippen LogP contribution in [0.3, 0.4) is 0 Å². The van der Waals surface area contributed by atoms with Gasteiger partial charge in [0.15, 0.2) is 17.1 Å². The van der Waals surface area contributed by atoms with E-state index in [1.165, 1.54) is 11.8 Å². The van der Waals surface area contributed by atoms with Crippen molar-refractivity contribution in [1.82, 2.24) is 14.8 Å². The van der Waals surface area contributed by atoms with Crippen LogP contribution in [-0.4, -0.2) is 40.6 Å². The zero-order valence-corrected chi connectivity index (χ0v) is 19.9. The molecule has 0 bridgehead atoms. The molecule has 1 heterocycles. The number of amides is 1. The largest absolute Gasteiger partial charge is 0.497 e. The summed E-state index contributed by atoms with van der Waals surface area (Å²) in [5, 5.41) is 12.6. The molecule has 10 heteroatoms. The number of hydrogen-bond donors (Lipinski definition) is 1. The molecule has 0 saturated carbocycles. The molecular weight excluding hydrogens is 452 g/mol. The molecule has 0 aliphatic rings. The Morgan fingerprint density at radius 2 is 1.97 bits per heavy atom. The second-order valence-corrected chi connectivity index (χ2v) is 8.08. The van der Waals surface area contributed by atoms with Gasteiger partial charge in [0.2, 0.25) is 5.91 Å². The maximum Gasteiger partial charge on any atom is 0.234 e. The fourth-order valence-corrected chi connectivity index (χ4v) is 4.02. The summed E-state index contributed by atoms with van der Waals surface area (Å²) in [5.74, 6) is 2.45. The molecule has 3 rings (SSSR count). The van der Waals surface area contributed by atoms with Crippen molar-refractivity contribution in [3.8, 4) is 17.2 Å². The molecule has 0 aliphatic carbocycles. The molecule has 1 amide bonds. The summed E-state index contributed by atoms with van der Waals surface area (Å²) < 4.78 is 18.4. The zero-order valence-electron chi connectivity index (χ0n) is 18.3. The molecule has 8 nitrogen and oxygen atoms in total. The minimum absolute atomic E-state index is 0.155. The SMILES string of the molecule is CCn1c(SCC(=O)Nc2cc(OC)ccc2OC)nnc1C(C)Oc1cccc(Cl)c1. The van der Waals surface area contributed by atoms with Crippen LogP contribution in [0.25, 0.3) is 0 Å². The molecule has 170 valence electrons. The summed E-state index contributed by atoms with van der Waals surface area (Å²) in [4.78, 5) is 12.5. The number of halogens is 1. The third-order valence-electron chi connectivity index (χ3n) is 4.55. The molecule has 1 aromatic heterocycles. The number of rotatable bonds is 10. The minimum atomic E-state index is -0.342. The van der Waals surface area contributed by atoms with Crippen molar-refractivity contribution in [3.05, 3.63) is 53.3 Å². The maximum atomic E-state index is 12.5. The van der Waals surface area contributed by atoms with Crippen molar-refractivity contribution in [2.45, 2.75) is 31.7 Å². The fraction of sp³-hybridized carbons (Fsp3) is 0.318. The number of carbonyl (C=O) groups excluding carboxylic acids is 1. The van der Waals surface area contributed by atoms with Crippen molar-refractivity contribution in [3.63, 3.8) is 0 Å². The smallest absolute Gasteiger partial charge is 0.234 e. The normalized spacial score (nSPS) is 11.7. The Morgan fingerprint density at radius 1 is 1.16 bits per heavy atom. The predicted octanol–water partition coefficient (Wildman–Crippen LogP) is 4.84. The summed E-state index contributed by atoms with van der Waals surface area (Å²) in [6.45, 7) is 4.52. The number of ether oxygens (including phenoxy) is 3. The highest BCUT2D eigenvalue weighted by Gasteiger charge is 2.20. The van der Waals surface area contributed by atoms with Gasteiger partial charge in [-0.3, -0.25) is 4.79 Å². The van der Waals surface area contributed by atoms with E-state index in [9.17, 15) is 4.79 Å². The highest BCUT2D eigenvalue weighted by molar-refractivity contribution is 7.99. The van der Waals surface area contributed by atoms with E-state index in [4.69, 9.17) is 25.8 Å². The first-order valence-corrected chi connectivity index (χ1v) is 11.3. The van der Waals surface area contributed by atoms with Crippen LogP contribution in [0.5, 0.6) is 17.2 Å². The summed E-state index contributed by atoms with van der Waals surface area (Å²) in [6.07, 6.45) is -0.342. The van der Waals surface area contributed by atoms with Crippen LogP contribution in [-0.2, 0) is 11.3 Å². The average Bonchev–Trinajstić information content (AvgIpc) is 3.20. The van der Waals surface area contributed by atoms with E-state index in [-0.39, 0.29) is 17.8 Å². The standard InChI is InChI=1S/C22H25ClN4O4S/c1-5-27-21(14(2)31-17-8-6-7-15(23)11-17)25-26-22(27)32-13-20(28)24-18-12-16(29-3)9-10-19(18)30-4/h6-12,14H,5,13H2,1-4H3,(H,24,28). The number of carbonyl (C=O) groups is 1. The second-order valence-electron chi connectivity index (χ2n) is 6.71. The van der Waals surface area contributed by atoms with Crippen LogP contribution in [0.1, 0.15) is 25.8 Å². The third-order valence-corrected chi connectivity index (χ3v) is 5.75. The lowest BCUT2D eigenvalue weighted by Gasteiger charge is -2.16. The van der Waals surface area contributed by atoms with Gasteiger partial charge in [-0.15, -0.1) is 10.2 Å². The fourth-order valence-electron chi connectivity index (χ4n) is 3.03. The van der Waals surface area contributed by atoms with E-state index in [0.717, 1.165) is 0 Å². The quantitative estimate of drug-likeness (QED) is 0.419. The maximum absolute atomic E-state index is 12.5. The molecule has 0 spiro atoms. The van der Waals surface area contributed by atoms with E-state index in [1.807, 2.05) is 30.5 Å².